The third kappa shape index (κ3) is 2.38. The molecule has 1 N–H and O–H groups in total. The molecule has 6 heteroatoms. The Labute approximate surface area is 123 Å². The molecule has 3 aromatic rings. The van der Waals surface area contributed by atoms with Crippen molar-refractivity contribution in [3.63, 3.8) is 0 Å². The van der Waals surface area contributed by atoms with Crippen molar-refractivity contribution < 1.29 is 13.2 Å². The van der Waals surface area contributed by atoms with E-state index in [2.05, 4.69) is 9.97 Å². The lowest BCUT2D eigenvalue weighted by atomic mass is 10.1. The first kappa shape index (κ1) is 13.9. The Morgan fingerprint density at radius 3 is 2.57 bits per heavy atom. The summed E-state index contributed by atoms with van der Waals surface area (Å²) in [5.74, 6) is 0. The predicted octanol–water partition coefficient (Wildman–Crippen LogP) is 5.21. The standard InChI is InChI=1S/C15H10ClF3N2/c1-8-13(10-4-2-3-5-12(10)21-8)14-11(16)6-9(7-20-14)15(17,18)19/h2-7,21H,1H3. The van der Waals surface area contributed by atoms with Crippen molar-refractivity contribution >= 4 is 22.5 Å². The Kier molecular flexibility index (Phi) is 3.17. The number of hydrogen-bond acceptors (Lipinski definition) is 1. The van der Waals surface area contributed by atoms with Gasteiger partial charge in [-0.15, -0.1) is 0 Å². The van der Waals surface area contributed by atoms with Gasteiger partial charge in [0.25, 0.3) is 0 Å². The average Bonchev–Trinajstić information content (AvgIpc) is 2.74. The second kappa shape index (κ2) is 4.77. The van der Waals surface area contributed by atoms with Gasteiger partial charge in [-0.1, -0.05) is 29.8 Å². The third-order valence-corrected chi connectivity index (χ3v) is 3.59. The molecule has 0 fully saturated rings. The van der Waals surface area contributed by atoms with E-state index in [1.54, 1.807) is 0 Å². The van der Waals surface area contributed by atoms with Crippen LogP contribution in [0.3, 0.4) is 0 Å². The number of fused-ring (bicyclic) bond motifs is 1. The lowest BCUT2D eigenvalue weighted by Gasteiger charge is -2.09. The van der Waals surface area contributed by atoms with Crippen LogP contribution in [-0.2, 0) is 6.18 Å². The van der Waals surface area contributed by atoms with Crippen molar-refractivity contribution in [2.45, 2.75) is 13.1 Å². The lowest BCUT2D eigenvalue weighted by Crippen LogP contribution is -2.05. The van der Waals surface area contributed by atoms with Crippen molar-refractivity contribution in [3.8, 4) is 11.3 Å². The molecule has 0 spiro atoms. The summed E-state index contributed by atoms with van der Waals surface area (Å²) in [7, 11) is 0. The molecule has 3 rings (SSSR count). The van der Waals surface area contributed by atoms with E-state index in [4.69, 9.17) is 11.6 Å². The number of aromatic amines is 1. The highest BCUT2D eigenvalue weighted by Crippen LogP contribution is 2.37. The average molecular weight is 311 g/mol. The zero-order valence-electron chi connectivity index (χ0n) is 10.9. The molecular weight excluding hydrogens is 301 g/mol. The van der Waals surface area contributed by atoms with Gasteiger partial charge in [0, 0.05) is 28.4 Å². The number of pyridine rings is 1. The van der Waals surface area contributed by atoms with E-state index < -0.39 is 11.7 Å². The van der Waals surface area contributed by atoms with E-state index >= 15 is 0 Å². The van der Waals surface area contributed by atoms with Crippen molar-refractivity contribution in [1.82, 2.24) is 9.97 Å². The Bertz CT molecular complexity index is 821. The molecule has 0 bridgehead atoms. The summed E-state index contributed by atoms with van der Waals surface area (Å²) in [5, 5.41) is 0.863. The minimum atomic E-state index is -4.45. The molecular formula is C15H10ClF3N2. The van der Waals surface area contributed by atoms with Gasteiger partial charge in [0.15, 0.2) is 0 Å². The summed E-state index contributed by atoms with van der Waals surface area (Å²) in [5.41, 5.74) is 1.92. The van der Waals surface area contributed by atoms with E-state index in [0.717, 1.165) is 34.4 Å². The SMILES string of the molecule is Cc1[nH]c2ccccc2c1-c1ncc(C(F)(F)F)cc1Cl. The largest absolute Gasteiger partial charge is 0.417 e. The van der Waals surface area contributed by atoms with Crippen LogP contribution in [0.5, 0.6) is 0 Å². The Morgan fingerprint density at radius 1 is 1.19 bits per heavy atom. The van der Waals surface area contributed by atoms with Crippen LogP contribution in [0, 0.1) is 6.92 Å². The molecule has 21 heavy (non-hydrogen) atoms. The first-order valence-corrected chi connectivity index (χ1v) is 6.56. The maximum Gasteiger partial charge on any atom is 0.417 e. The number of halogens is 4. The van der Waals surface area contributed by atoms with Crippen molar-refractivity contribution in [1.29, 1.82) is 0 Å². The molecule has 0 amide bonds. The summed E-state index contributed by atoms with van der Waals surface area (Å²) in [6.07, 6.45) is -3.65. The minimum Gasteiger partial charge on any atom is -0.358 e. The maximum absolute atomic E-state index is 12.7. The van der Waals surface area contributed by atoms with Crippen LogP contribution in [0.1, 0.15) is 11.3 Å². The van der Waals surface area contributed by atoms with Gasteiger partial charge in [-0.25, -0.2) is 0 Å². The molecule has 0 saturated carbocycles. The highest BCUT2D eigenvalue weighted by molar-refractivity contribution is 6.33. The van der Waals surface area contributed by atoms with Crippen molar-refractivity contribution in [2.75, 3.05) is 0 Å². The number of H-pyrrole nitrogens is 1. The highest BCUT2D eigenvalue weighted by Gasteiger charge is 2.32. The summed E-state index contributed by atoms with van der Waals surface area (Å²) >= 11 is 6.02. The van der Waals surface area contributed by atoms with Gasteiger partial charge >= 0.3 is 6.18 Å². The molecule has 0 radical (unpaired) electrons. The van der Waals surface area contributed by atoms with Crippen LogP contribution in [0.15, 0.2) is 36.5 Å². The van der Waals surface area contributed by atoms with Gasteiger partial charge in [0.2, 0.25) is 0 Å². The quantitative estimate of drug-likeness (QED) is 0.656. The molecule has 1 aromatic carbocycles. The first-order chi connectivity index (χ1) is 9.88. The summed E-state index contributed by atoms with van der Waals surface area (Å²) < 4.78 is 38.0. The molecule has 108 valence electrons. The number of nitrogens with zero attached hydrogens (tertiary/aromatic N) is 1. The van der Waals surface area contributed by atoms with Crippen LogP contribution in [-0.4, -0.2) is 9.97 Å². The number of para-hydroxylation sites is 1. The molecule has 0 aliphatic heterocycles. The summed E-state index contributed by atoms with van der Waals surface area (Å²) in [4.78, 5) is 7.10. The number of aromatic nitrogens is 2. The Balaban J connectivity index is 2.22. The van der Waals surface area contributed by atoms with E-state index in [-0.39, 0.29) is 5.02 Å². The third-order valence-electron chi connectivity index (χ3n) is 3.30. The zero-order chi connectivity index (χ0) is 15.2. The fourth-order valence-electron chi connectivity index (χ4n) is 2.36. The monoisotopic (exact) mass is 310 g/mol. The van der Waals surface area contributed by atoms with Crippen LogP contribution in [0.2, 0.25) is 5.02 Å². The first-order valence-electron chi connectivity index (χ1n) is 6.18. The van der Waals surface area contributed by atoms with Gasteiger partial charge < -0.3 is 4.98 Å². The Morgan fingerprint density at radius 2 is 1.90 bits per heavy atom. The second-order valence-corrected chi connectivity index (χ2v) is 5.13. The topological polar surface area (TPSA) is 28.7 Å². The highest BCUT2D eigenvalue weighted by atomic mass is 35.5. The summed E-state index contributed by atoms with van der Waals surface area (Å²) in [6, 6.07) is 8.42. The van der Waals surface area contributed by atoms with E-state index in [1.165, 1.54) is 0 Å². The van der Waals surface area contributed by atoms with Crippen LogP contribution in [0.25, 0.3) is 22.2 Å². The molecule has 0 saturated heterocycles. The number of nitrogens with one attached hydrogen (secondary N) is 1. The molecule has 2 heterocycles. The molecule has 0 aliphatic carbocycles. The normalized spacial score (nSPS) is 12.0. The molecule has 2 nitrogen and oxygen atoms in total. The van der Waals surface area contributed by atoms with Crippen LogP contribution in [0.4, 0.5) is 13.2 Å². The number of benzene rings is 1. The molecule has 0 unspecified atom stereocenters. The maximum atomic E-state index is 12.7. The smallest absolute Gasteiger partial charge is 0.358 e. The molecule has 0 aliphatic rings. The molecule has 2 aromatic heterocycles. The second-order valence-electron chi connectivity index (χ2n) is 4.72. The zero-order valence-corrected chi connectivity index (χ0v) is 11.7. The number of alkyl halides is 3. The number of rotatable bonds is 1. The van der Waals surface area contributed by atoms with E-state index in [1.807, 2.05) is 31.2 Å². The van der Waals surface area contributed by atoms with E-state index in [9.17, 15) is 13.2 Å². The van der Waals surface area contributed by atoms with Gasteiger partial charge in [0.1, 0.15) is 0 Å². The van der Waals surface area contributed by atoms with Gasteiger partial charge in [-0.3, -0.25) is 4.98 Å². The minimum absolute atomic E-state index is 0.0160. The van der Waals surface area contributed by atoms with Crippen molar-refractivity contribution in [3.05, 3.63) is 52.8 Å². The Hall–Kier alpha value is -2.01. The lowest BCUT2D eigenvalue weighted by molar-refractivity contribution is -0.137. The van der Waals surface area contributed by atoms with Gasteiger partial charge in [-0.2, -0.15) is 13.2 Å². The fraction of sp³-hybridized carbons (Fsp3) is 0.133. The predicted molar refractivity (Wildman–Crippen MR) is 76.3 cm³/mol. The van der Waals surface area contributed by atoms with Crippen LogP contribution >= 0.6 is 11.6 Å². The van der Waals surface area contributed by atoms with Crippen LogP contribution < -0.4 is 0 Å². The summed E-state index contributed by atoms with van der Waals surface area (Å²) in [6.45, 7) is 1.84. The van der Waals surface area contributed by atoms with Gasteiger partial charge in [-0.05, 0) is 19.1 Å². The van der Waals surface area contributed by atoms with Gasteiger partial charge in [0.05, 0.1) is 16.3 Å². The molecule has 0 atom stereocenters. The van der Waals surface area contributed by atoms with Crippen molar-refractivity contribution in [2.24, 2.45) is 0 Å². The van der Waals surface area contributed by atoms with E-state index in [0.29, 0.717) is 5.69 Å². The number of hydrogen-bond donors (Lipinski definition) is 1. The fourth-order valence-corrected chi connectivity index (χ4v) is 2.62. The number of aryl methyl sites for hydroxylation is 1.